The molecule has 0 aliphatic carbocycles. The molecule has 0 spiro atoms. The third-order valence-corrected chi connectivity index (χ3v) is 8.37. The van der Waals surface area contributed by atoms with E-state index in [0.29, 0.717) is 26.8 Å². The second kappa shape index (κ2) is 9.26. The van der Waals surface area contributed by atoms with Gasteiger partial charge in [0, 0.05) is 10.3 Å². The Morgan fingerprint density at radius 1 is 1.22 bits per heavy atom. The number of fused-ring (bicyclic) bond motifs is 1. The number of nitrogens with zero attached hydrogens (tertiary/aromatic N) is 3. The zero-order valence-electron chi connectivity index (χ0n) is 17.1. The van der Waals surface area contributed by atoms with Gasteiger partial charge in [-0.1, -0.05) is 60.7 Å². The second-order valence-corrected chi connectivity index (χ2v) is 12.2. The number of aromatic nitrogens is 2. The van der Waals surface area contributed by atoms with Crippen molar-refractivity contribution in [2.24, 2.45) is 0 Å². The lowest BCUT2D eigenvalue weighted by atomic mass is 10.2. The molecule has 8 nitrogen and oxygen atoms in total. The molecule has 3 aromatic rings. The summed E-state index contributed by atoms with van der Waals surface area (Å²) in [6, 6.07) is 12.6. The first kappa shape index (κ1) is 22.8. The Labute approximate surface area is 199 Å². The van der Waals surface area contributed by atoms with Crippen LogP contribution in [0.1, 0.15) is 13.8 Å². The lowest BCUT2D eigenvalue weighted by Gasteiger charge is -2.34. The van der Waals surface area contributed by atoms with E-state index in [4.69, 9.17) is 16.3 Å². The molecule has 0 fully saturated rings. The SMILES string of the molecule is CC(C)Sc1nnc(NC(=O)C2CN(S(=O)(=O)c3ccc(Cl)cc3)c3ccccc3O2)s1. The molecule has 1 aliphatic rings. The highest BCUT2D eigenvalue weighted by Gasteiger charge is 2.37. The van der Waals surface area contributed by atoms with Crippen LogP contribution in [0.2, 0.25) is 5.02 Å². The lowest BCUT2D eigenvalue weighted by molar-refractivity contribution is -0.122. The second-order valence-electron chi connectivity index (χ2n) is 7.09. The third kappa shape index (κ3) is 4.85. The number of rotatable bonds is 6. The van der Waals surface area contributed by atoms with E-state index < -0.39 is 22.0 Å². The molecule has 2 aromatic carbocycles. The Morgan fingerprint density at radius 2 is 1.94 bits per heavy atom. The molecule has 0 saturated carbocycles. The van der Waals surface area contributed by atoms with Crippen molar-refractivity contribution in [3.05, 3.63) is 53.6 Å². The van der Waals surface area contributed by atoms with Crippen LogP contribution in [-0.2, 0) is 14.8 Å². The van der Waals surface area contributed by atoms with Crippen molar-refractivity contribution < 1.29 is 17.9 Å². The van der Waals surface area contributed by atoms with Crippen molar-refractivity contribution in [2.45, 2.75) is 34.4 Å². The first-order chi connectivity index (χ1) is 15.2. The van der Waals surface area contributed by atoms with Gasteiger partial charge in [0.2, 0.25) is 5.13 Å². The van der Waals surface area contributed by atoms with Crippen molar-refractivity contribution in [1.29, 1.82) is 0 Å². The van der Waals surface area contributed by atoms with E-state index in [1.165, 1.54) is 39.9 Å². The van der Waals surface area contributed by atoms with Crippen LogP contribution in [0.4, 0.5) is 10.8 Å². The molecule has 1 N–H and O–H groups in total. The summed E-state index contributed by atoms with van der Waals surface area (Å²) in [5.41, 5.74) is 0.359. The first-order valence-electron chi connectivity index (χ1n) is 9.59. The number of carbonyl (C=O) groups excluding carboxylic acids is 1. The topological polar surface area (TPSA) is 101 Å². The number of hydrogen-bond acceptors (Lipinski definition) is 8. The Bertz CT molecular complexity index is 1230. The lowest BCUT2D eigenvalue weighted by Crippen LogP contribution is -2.48. The summed E-state index contributed by atoms with van der Waals surface area (Å²) in [5.74, 6) is -0.210. The smallest absolute Gasteiger partial charge is 0.269 e. The molecular formula is C20H19ClN4O4S3. The quantitative estimate of drug-likeness (QED) is 0.390. The molecule has 1 atom stereocenters. The van der Waals surface area contributed by atoms with Gasteiger partial charge in [-0.25, -0.2) is 8.42 Å². The zero-order valence-corrected chi connectivity index (χ0v) is 20.3. The maximum Gasteiger partial charge on any atom is 0.269 e. The van der Waals surface area contributed by atoms with Gasteiger partial charge in [0.25, 0.3) is 15.9 Å². The van der Waals surface area contributed by atoms with E-state index in [1.54, 1.807) is 36.0 Å². The summed E-state index contributed by atoms with van der Waals surface area (Å²) < 4.78 is 34.5. The van der Waals surface area contributed by atoms with Crippen LogP contribution in [0.15, 0.2) is 57.8 Å². The Balaban J connectivity index is 1.60. The van der Waals surface area contributed by atoms with Gasteiger partial charge in [0.1, 0.15) is 5.75 Å². The number of anilines is 2. The predicted molar refractivity (Wildman–Crippen MR) is 126 cm³/mol. The Morgan fingerprint density at radius 3 is 2.66 bits per heavy atom. The van der Waals surface area contributed by atoms with Crippen LogP contribution < -0.4 is 14.4 Å². The van der Waals surface area contributed by atoms with Crippen molar-refractivity contribution in [3.8, 4) is 5.75 Å². The number of hydrogen-bond donors (Lipinski definition) is 1. The van der Waals surface area contributed by atoms with Gasteiger partial charge in [-0.05, 0) is 36.4 Å². The largest absolute Gasteiger partial charge is 0.476 e. The Hall–Kier alpha value is -2.34. The van der Waals surface area contributed by atoms with Gasteiger partial charge in [0.15, 0.2) is 10.4 Å². The summed E-state index contributed by atoms with van der Waals surface area (Å²) in [6.07, 6.45) is -1.07. The summed E-state index contributed by atoms with van der Waals surface area (Å²) >= 11 is 8.70. The summed E-state index contributed by atoms with van der Waals surface area (Å²) in [6.45, 7) is 3.88. The molecule has 2 heterocycles. The standard InChI is InChI=1S/C20H19ClN4O4S3/c1-12(2)30-20-24-23-19(31-20)22-18(26)17-11-25(15-5-3-4-6-16(15)29-17)32(27,28)14-9-7-13(21)8-10-14/h3-10,12,17H,11H2,1-2H3,(H,22,23,26). The highest BCUT2D eigenvalue weighted by Crippen LogP contribution is 2.37. The zero-order chi connectivity index (χ0) is 22.9. The van der Waals surface area contributed by atoms with Crippen LogP contribution in [0.5, 0.6) is 5.75 Å². The number of para-hydroxylation sites is 2. The van der Waals surface area contributed by atoms with E-state index in [2.05, 4.69) is 15.5 Å². The molecule has 12 heteroatoms. The fourth-order valence-electron chi connectivity index (χ4n) is 3.00. The number of carbonyl (C=O) groups is 1. The van der Waals surface area contributed by atoms with Crippen molar-refractivity contribution >= 4 is 61.4 Å². The highest BCUT2D eigenvalue weighted by atomic mass is 35.5. The van der Waals surface area contributed by atoms with E-state index in [9.17, 15) is 13.2 Å². The number of halogens is 1. The van der Waals surface area contributed by atoms with E-state index in [1.807, 2.05) is 13.8 Å². The number of thioether (sulfide) groups is 1. The summed E-state index contributed by atoms with van der Waals surface area (Å²) in [5, 5.41) is 11.8. The molecule has 4 rings (SSSR count). The molecule has 0 radical (unpaired) electrons. The molecule has 1 aliphatic heterocycles. The number of nitrogens with one attached hydrogen (secondary N) is 1. The molecule has 0 bridgehead atoms. The van der Waals surface area contributed by atoms with Gasteiger partial charge in [-0.2, -0.15) is 0 Å². The van der Waals surface area contributed by atoms with Gasteiger partial charge in [-0.15, -0.1) is 10.2 Å². The summed E-state index contributed by atoms with van der Waals surface area (Å²) in [7, 11) is -3.95. The van der Waals surface area contributed by atoms with E-state index >= 15 is 0 Å². The molecule has 168 valence electrons. The molecule has 0 saturated heterocycles. The third-order valence-electron chi connectivity index (χ3n) is 4.40. The van der Waals surface area contributed by atoms with Crippen LogP contribution in [-0.4, -0.2) is 42.4 Å². The fourth-order valence-corrected chi connectivity index (χ4v) is 6.58. The van der Waals surface area contributed by atoms with E-state index in [-0.39, 0.29) is 11.4 Å². The molecule has 32 heavy (non-hydrogen) atoms. The van der Waals surface area contributed by atoms with Gasteiger partial charge in [-0.3, -0.25) is 14.4 Å². The Kier molecular flexibility index (Phi) is 6.61. The van der Waals surface area contributed by atoms with Crippen molar-refractivity contribution in [2.75, 3.05) is 16.2 Å². The van der Waals surface area contributed by atoms with Gasteiger partial charge in [0.05, 0.1) is 17.1 Å². The maximum absolute atomic E-state index is 13.4. The normalized spacial score (nSPS) is 15.9. The van der Waals surface area contributed by atoms with Crippen LogP contribution in [0, 0.1) is 0 Å². The minimum absolute atomic E-state index is 0.0669. The van der Waals surface area contributed by atoms with Gasteiger partial charge >= 0.3 is 0 Å². The number of amides is 1. The maximum atomic E-state index is 13.4. The molecule has 1 aromatic heterocycles. The molecule has 1 unspecified atom stereocenters. The van der Waals surface area contributed by atoms with Crippen molar-refractivity contribution in [3.63, 3.8) is 0 Å². The minimum Gasteiger partial charge on any atom is -0.476 e. The van der Waals surface area contributed by atoms with Crippen LogP contribution >= 0.6 is 34.7 Å². The monoisotopic (exact) mass is 510 g/mol. The first-order valence-corrected chi connectivity index (χ1v) is 13.1. The summed E-state index contributed by atoms with van der Waals surface area (Å²) in [4.78, 5) is 13.0. The minimum atomic E-state index is -3.95. The number of sulfonamides is 1. The van der Waals surface area contributed by atoms with E-state index in [0.717, 1.165) is 4.34 Å². The number of benzene rings is 2. The van der Waals surface area contributed by atoms with Crippen LogP contribution in [0.25, 0.3) is 0 Å². The average molecular weight is 511 g/mol. The highest BCUT2D eigenvalue weighted by molar-refractivity contribution is 8.01. The number of ether oxygens (including phenoxy) is 1. The van der Waals surface area contributed by atoms with Gasteiger partial charge < -0.3 is 4.74 Å². The fraction of sp³-hybridized carbons (Fsp3) is 0.250. The molecular weight excluding hydrogens is 492 g/mol. The average Bonchev–Trinajstić information content (AvgIpc) is 3.19. The van der Waals surface area contributed by atoms with Crippen molar-refractivity contribution in [1.82, 2.24) is 10.2 Å². The van der Waals surface area contributed by atoms with Crippen LogP contribution in [0.3, 0.4) is 0 Å². The molecule has 1 amide bonds. The predicted octanol–water partition coefficient (Wildman–Crippen LogP) is 4.29.